The Morgan fingerprint density at radius 3 is 2.00 bits per heavy atom. The van der Waals surface area contributed by atoms with Crippen LogP contribution in [0.3, 0.4) is 0 Å². The molecule has 1 fully saturated rings. The molecule has 224 valence electrons. The molecule has 1 saturated carbocycles. The van der Waals surface area contributed by atoms with Crippen molar-refractivity contribution in [3.05, 3.63) is 59.2 Å². The summed E-state index contributed by atoms with van der Waals surface area (Å²) in [5, 5.41) is 12.9. The van der Waals surface area contributed by atoms with Gasteiger partial charge >= 0.3 is 12.0 Å². The topological polar surface area (TPSA) is 114 Å². The van der Waals surface area contributed by atoms with Gasteiger partial charge < -0.3 is 29.5 Å². The highest BCUT2D eigenvalue weighted by Gasteiger charge is 2.56. The molecule has 0 bridgehead atoms. The van der Waals surface area contributed by atoms with Crippen molar-refractivity contribution in [1.29, 1.82) is 0 Å². The summed E-state index contributed by atoms with van der Waals surface area (Å²) in [6.45, 7) is 14.0. The van der Waals surface area contributed by atoms with E-state index in [1.165, 1.54) is 6.92 Å². The Hall–Kier alpha value is -3.59. The average Bonchev–Trinajstić information content (AvgIpc) is 2.89. The van der Waals surface area contributed by atoms with Gasteiger partial charge in [-0.3, -0.25) is 4.79 Å². The van der Waals surface area contributed by atoms with E-state index in [4.69, 9.17) is 14.2 Å². The fraction of sp³-hybridized carbons (Fsp3) is 0.531. The highest BCUT2D eigenvalue weighted by Crippen LogP contribution is 2.48. The van der Waals surface area contributed by atoms with Crippen LogP contribution >= 0.6 is 0 Å². The first-order valence-corrected chi connectivity index (χ1v) is 14.3. The number of nitrogens with one attached hydrogen (secondary N) is 1. The number of urea groups is 1. The minimum Gasteiger partial charge on any atom is -0.493 e. The molecular formula is C32H44N2O7. The van der Waals surface area contributed by atoms with Crippen molar-refractivity contribution in [2.75, 3.05) is 26.4 Å². The first-order chi connectivity index (χ1) is 19.3. The van der Waals surface area contributed by atoms with Crippen molar-refractivity contribution >= 4 is 17.8 Å². The Morgan fingerprint density at radius 1 is 0.976 bits per heavy atom. The second-order valence-electron chi connectivity index (χ2n) is 11.4. The number of nitrogens with zero attached hydrogens (tertiary/aromatic N) is 1. The fourth-order valence-electron chi connectivity index (χ4n) is 5.69. The molecule has 9 heteroatoms. The zero-order chi connectivity index (χ0) is 30.4. The van der Waals surface area contributed by atoms with Gasteiger partial charge in [0.05, 0.1) is 32.0 Å². The number of ketones is 1. The van der Waals surface area contributed by atoms with E-state index < -0.39 is 23.6 Å². The van der Waals surface area contributed by atoms with Crippen molar-refractivity contribution in [2.45, 2.75) is 79.0 Å². The molecule has 0 heterocycles. The van der Waals surface area contributed by atoms with Gasteiger partial charge in [-0.2, -0.15) is 0 Å². The first-order valence-electron chi connectivity index (χ1n) is 14.3. The second kappa shape index (κ2) is 13.4. The molecule has 2 aromatic carbocycles. The van der Waals surface area contributed by atoms with Crippen LogP contribution in [0.1, 0.15) is 94.9 Å². The molecule has 0 aromatic heterocycles. The summed E-state index contributed by atoms with van der Waals surface area (Å²) in [6, 6.07) is 12.3. The standard InChI is InChI=1S/C32H44N2O7/c1-8-39-26-17-25(18-27(40-9-2)28(26)22(4)35)21(3)34(15-16-41-23(5)24-13-11-10-12-14-24)30(38)33-32(29(36)37)19-31(6,7)20-32/h10-14,17-18,21,23H,8-9,15-16,19-20H2,1-7H3,(H,33,38)(H,36,37)/t21-,23+/m1/s1. The van der Waals surface area contributed by atoms with E-state index in [9.17, 15) is 19.5 Å². The normalized spacial score (nSPS) is 16.6. The average molecular weight is 569 g/mol. The van der Waals surface area contributed by atoms with Gasteiger partial charge in [-0.15, -0.1) is 0 Å². The van der Waals surface area contributed by atoms with Crippen LogP contribution in [0, 0.1) is 5.41 Å². The molecule has 0 unspecified atom stereocenters. The number of carbonyl (C=O) groups excluding carboxylic acids is 2. The van der Waals surface area contributed by atoms with E-state index in [1.807, 2.05) is 71.9 Å². The van der Waals surface area contributed by atoms with Crippen LogP contribution in [0.4, 0.5) is 4.79 Å². The van der Waals surface area contributed by atoms with E-state index in [1.54, 1.807) is 17.0 Å². The summed E-state index contributed by atoms with van der Waals surface area (Å²) in [5.74, 6) is -0.477. The predicted octanol–water partition coefficient (Wildman–Crippen LogP) is 6.18. The molecular weight excluding hydrogens is 524 g/mol. The summed E-state index contributed by atoms with van der Waals surface area (Å²) in [6.07, 6.45) is 0.473. The maximum Gasteiger partial charge on any atom is 0.329 e. The van der Waals surface area contributed by atoms with Gasteiger partial charge in [0.2, 0.25) is 0 Å². The minimum absolute atomic E-state index is 0.183. The highest BCUT2D eigenvalue weighted by molar-refractivity contribution is 6.00. The monoisotopic (exact) mass is 568 g/mol. The van der Waals surface area contributed by atoms with Crippen molar-refractivity contribution < 1.29 is 33.7 Å². The minimum atomic E-state index is -1.33. The molecule has 41 heavy (non-hydrogen) atoms. The number of ether oxygens (including phenoxy) is 3. The number of rotatable bonds is 14. The van der Waals surface area contributed by atoms with Crippen LogP contribution < -0.4 is 14.8 Å². The van der Waals surface area contributed by atoms with Crippen LogP contribution in [-0.4, -0.2) is 59.7 Å². The van der Waals surface area contributed by atoms with Crippen LogP contribution in [0.5, 0.6) is 11.5 Å². The number of benzene rings is 2. The zero-order valence-corrected chi connectivity index (χ0v) is 25.3. The largest absolute Gasteiger partial charge is 0.493 e. The van der Waals surface area contributed by atoms with E-state index in [0.29, 0.717) is 48.7 Å². The van der Waals surface area contributed by atoms with Crippen LogP contribution in [0.15, 0.2) is 42.5 Å². The molecule has 0 saturated heterocycles. The summed E-state index contributed by atoms with van der Waals surface area (Å²) >= 11 is 0. The Bertz CT molecular complexity index is 1190. The second-order valence-corrected chi connectivity index (χ2v) is 11.4. The van der Waals surface area contributed by atoms with Gasteiger partial charge in [0, 0.05) is 6.54 Å². The van der Waals surface area contributed by atoms with Crippen LogP contribution in [0.2, 0.25) is 0 Å². The molecule has 9 nitrogen and oxygen atoms in total. The molecule has 0 radical (unpaired) electrons. The maximum atomic E-state index is 13.8. The third-order valence-corrected chi connectivity index (χ3v) is 7.54. The predicted molar refractivity (Wildman–Crippen MR) is 157 cm³/mol. The lowest BCUT2D eigenvalue weighted by Crippen LogP contribution is -2.67. The summed E-state index contributed by atoms with van der Waals surface area (Å²) in [4.78, 5) is 40.1. The van der Waals surface area contributed by atoms with Gasteiger partial charge in [-0.25, -0.2) is 9.59 Å². The Morgan fingerprint density at radius 2 is 1.54 bits per heavy atom. The van der Waals surface area contributed by atoms with Gasteiger partial charge in [-0.05, 0) is 76.1 Å². The molecule has 2 atom stereocenters. The molecule has 0 aliphatic heterocycles. The molecule has 2 amide bonds. The third kappa shape index (κ3) is 7.58. The van der Waals surface area contributed by atoms with Gasteiger partial charge in [0.1, 0.15) is 22.6 Å². The number of hydrogen-bond acceptors (Lipinski definition) is 6. The van der Waals surface area contributed by atoms with Gasteiger partial charge in [0.25, 0.3) is 0 Å². The van der Waals surface area contributed by atoms with E-state index >= 15 is 0 Å². The van der Waals surface area contributed by atoms with Crippen LogP contribution in [-0.2, 0) is 9.53 Å². The Labute approximate surface area is 243 Å². The summed E-state index contributed by atoms with van der Waals surface area (Å²) < 4.78 is 17.7. The number of hydrogen-bond donors (Lipinski definition) is 2. The lowest BCUT2D eigenvalue weighted by atomic mass is 9.59. The molecule has 3 rings (SSSR count). The van der Waals surface area contributed by atoms with Crippen LogP contribution in [0.25, 0.3) is 0 Å². The molecule has 2 aromatic rings. The number of carboxylic acid groups (broad SMARTS) is 1. The lowest BCUT2D eigenvalue weighted by Gasteiger charge is -2.51. The zero-order valence-electron chi connectivity index (χ0n) is 25.3. The maximum absolute atomic E-state index is 13.8. The van der Waals surface area contributed by atoms with E-state index in [2.05, 4.69) is 5.32 Å². The number of Topliss-reactive ketones (excluding diaryl/α,β-unsaturated/α-hetero) is 1. The van der Waals surface area contributed by atoms with Gasteiger partial charge in [-0.1, -0.05) is 44.2 Å². The fourth-order valence-corrected chi connectivity index (χ4v) is 5.69. The number of aliphatic carboxylic acids is 1. The smallest absolute Gasteiger partial charge is 0.329 e. The van der Waals surface area contributed by atoms with E-state index in [0.717, 1.165) is 5.56 Å². The summed E-state index contributed by atoms with van der Waals surface area (Å²) in [5.41, 5.74) is 0.536. The van der Waals surface area contributed by atoms with Crippen molar-refractivity contribution in [2.24, 2.45) is 5.41 Å². The molecule has 1 aliphatic rings. The Kier molecular flexibility index (Phi) is 10.4. The number of carbonyl (C=O) groups is 3. The number of amides is 2. The highest BCUT2D eigenvalue weighted by atomic mass is 16.5. The number of carboxylic acids is 1. The quantitative estimate of drug-likeness (QED) is 0.262. The SMILES string of the molecule is CCOc1cc([C@@H](C)N(CCO[C@@H](C)c2ccccc2)C(=O)NC2(C(=O)O)CC(C)(C)C2)cc(OCC)c1C(C)=O. The van der Waals surface area contributed by atoms with Crippen molar-refractivity contribution in [3.8, 4) is 11.5 Å². The lowest BCUT2D eigenvalue weighted by molar-refractivity contribution is -0.154. The van der Waals surface area contributed by atoms with Crippen molar-refractivity contribution in [1.82, 2.24) is 10.2 Å². The third-order valence-electron chi connectivity index (χ3n) is 7.54. The van der Waals surface area contributed by atoms with Crippen molar-refractivity contribution in [3.63, 3.8) is 0 Å². The molecule has 0 spiro atoms. The first kappa shape index (κ1) is 31.9. The molecule has 2 N–H and O–H groups in total. The van der Waals surface area contributed by atoms with E-state index in [-0.39, 0.29) is 30.5 Å². The van der Waals surface area contributed by atoms with Gasteiger partial charge in [0.15, 0.2) is 5.78 Å². The molecule has 1 aliphatic carbocycles. The Balaban J connectivity index is 1.94. The summed E-state index contributed by atoms with van der Waals surface area (Å²) in [7, 11) is 0.